The Morgan fingerprint density at radius 1 is 0.929 bits per heavy atom. The predicted octanol–water partition coefficient (Wildman–Crippen LogP) is 1.25. The Labute approximate surface area is 293 Å². The molecule has 7 nitrogen and oxygen atoms in total. The van der Waals surface area contributed by atoms with Crippen LogP contribution in [0.1, 0.15) is 18.4 Å². The minimum atomic E-state index is -4.94. The van der Waals surface area contributed by atoms with Crippen LogP contribution < -0.4 is 4.74 Å². The second kappa shape index (κ2) is 15.9. The molecule has 0 saturated heterocycles. The summed E-state index contributed by atoms with van der Waals surface area (Å²) in [5.74, 6) is 1.28. The van der Waals surface area contributed by atoms with Crippen LogP contribution in [0.2, 0.25) is 0 Å². The molecule has 0 radical (unpaired) electrons. The molecule has 142 valence electrons. The zero-order chi connectivity index (χ0) is 18.5. The zero-order valence-corrected chi connectivity index (χ0v) is 14.9. The van der Waals surface area contributed by atoms with Crippen LogP contribution in [0.3, 0.4) is 0 Å². The maximum atomic E-state index is 11.2. The van der Waals surface area contributed by atoms with Gasteiger partial charge >= 0.3 is 162 Å². The number of benzene rings is 2. The van der Waals surface area contributed by atoms with Gasteiger partial charge < -0.3 is 14.5 Å². The number of rotatable bonds is 8. The molecule has 3 N–H and O–H groups in total. The summed E-state index contributed by atoms with van der Waals surface area (Å²) in [5.41, 5.74) is 0.827. The Bertz CT molecular complexity index is 860. The molecular weight excluding hydrogens is 485 g/mol. The standard InChI is InChI=1S/C16H19O7PS.3K.3H/c17-24(18,19)16(25(20,21)22)11-5-7-13-6-4-10-15(12-13)23-14-8-2-1-3-9-14;;;;;;/h1-4,6,8-10,12,16H,5,7,11H2,(H2,17,18,19)(H,20,21,22);;;;;;. The molecule has 12 heteroatoms. The van der Waals surface area contributed by atoms with E-state index in [0.717, 1.165) is 5.56 Å². The van der Waals surface area contributed by atoms with Crippen LogP contribution in [0.25, 0.3) is 0 Å². The van der Waals surface area contributed by atoms with Crippen molar-refractivity contribution in [3.63, 3.8) is 0 Å². The molecule has 1 atom stereocenters. The normalized spacial score (nSPS) is 12.0. The van der Waals surface area contributed by atoms with Crippen LogP contribution in [0.15, 0.2) is 54.6 Å². The number of hydrogen-bond donors (Lipinski definition) is 3. The van der Waals surface area contributed by atoms with E-state index in [0.29, 0.717) is 17.9 Å². The van der Waals surface area contributed by atoms with E-state index in [1.165, 1.54) is 0 Å². The molecule has 2 aromatic carbocycles. The van der Waals surface area contributed by atoms with Gasteiger partial charge in [-0.25, -0.2) is 0 Å². The van der Waals surface area contributed by atoms with Crippen molar-refractivity contribution in [2.45, 2.75) is 24.3 Å². The molecule has 0 heterocycles. The first kappa shape index (κ1) is 33.4. The molecular formula is C16H22K3O7PS. The average Bonchev–Trinajstić information content (AvgIpc) is 2.50. The fraction of sp³-hybridized carbons (Fsp3) is 0.250. The van der Waals surface area contributed by atoms with Crippen molar-refractivity contribution < 1.29 is 32.1 Å². The fourth-order valence-corrected chi connectivity index (χ4v) is 4.73. The van der Waals surface area contributed by atoms with Gasteiger partial charge in [0.1, 0.15) is 11.5 Å². The molecule has 0 spiro atoms. The molecule has 1 unspecified atom stereocenters. The first-order valence-electron chi connectivity index (χ1n) is 7.49. The van der Waals surface area contributed by atoms with Gasteiger partial charge in [0.25, 0.3) is 10.1 Å². The van der Waals surface area contributed by atoms with Crippen LogP contribution in [-0.4, -0.2) is 182 Å². The summed E-state index contributed by atoms with van der Waals surface area (Å²) in [6.45, 7) is 0. The van der Waals surface area contributed by atoms with Crippen LogP contribution in [0.4, 0.5) is 0 Å². The molecule has 0 aliphatic heterocycles. The second-order valence-electron chi connectivity index (χ2n) is 5.51. The van der Waals surface area contributed by atoms with E-state index >= 15 is 0 Å². The third-order valence-corrected chi connectivity index (χ3v) is 7.07. The minimum absolute atomic E-state index is 0. The summed E-state index contributed by atoms with van der Waals surface area (Å²) in [6.07, 6.45) is 0.231. The van der Waals surface area contributed by atoms with Gasteiger partial charge in [-0.15, -0.1) is 0 Å². The molecule has 2 rings (SSSR count). The molecule has 28 heavy (non-hydrogen) atoms. The fourth-order valence-electron chi connectivity index (χ4n) is 2.36. The van der Waals surface area contributed by atoms with Crippen molar-refractivity contribution in [1.82, 2.24) is 0 Å². The second-order valence-corrected chi connectivity index (χ2v) is 9.26. The van der Waals surface area contributed by atoms with E-state index in [4.69, 9.17) is 19.1 Å². The van der Waals surface area contributed by atoms with Gasteiger partial charge in [0.15, 0.2) is 4.99 Å². The van der Waals surface area contributed by atoms with E-state index in [1.807, 2.05) is 30.3 Å². The summed E-state index contributed by atoms with van der Waals surface area (Å²) in [4.78, 5) is 16.0. The molecule has 0 aliphatic carbocycles. The average molecular weight is 507 g/mol. The quantitative estimate of drug-likeness (QED) is 0.280. The van der Waals surface area contributed by atoms with Crippen LogP contribution >= 0.6 is 7.60 Å². The van der Waals surface area contributed by atoms with Crippen LogP contribution in [-0.2, 0) is 21.1 Å². The van der Waals surface area contributed by atoms with E-state index in [2.05, 4.69) is 0 Å². The van der Waals surface area contributed by atoms with Gasteiger partial charge in [0.2, 0.25) is 0 Å². The van der Waals surface area contributed by atoms with E-state index in [9.17, 15) is 13.0 Å². The summed E-state index contributed by atoms with van der Waals surface area (Å²) < 4.78 is 48.1. The van der Waals surface area contributed by atoms with Crippen molar-refractivity contribution in [2.75, 3.05) is 0 Å². The van der Waals surface area contributed by atoms with Gasteiger partial charge in [-0.3, -0.25) is 9.12 Å². The van der Waals surface area contributed by atoms with Gasteiger partial charge in [-0.1, -0.05) is 30.3 Å². The zero-order valence-electron chi connectivity index (χ0n) is 13.2. The van der Waals surface area contributed by atoms with Crippen molar-refractivity contribution in [2.24, 2.45) is 0 Å². The van der Waals surface area contributed by atoms with E-state index in [1.54, 1.807) is 24.3 Å². The first-order chi connectivity index (χ1) is 11.7. The molecule has 0 aromatic heterocycles. The maximum absolute atomic E-state index is 11.2. The number of aryl methyl sites for hydroxylation is 1. The monoisotopic (exact) mass is 506 g/mol. The van der Waals surface area contributed by atoms with Crippen molar-refractivity contribution in [1.29, 1.82) is 0 Å². The number of ether oxygens (including phenoxy) is 1. The van der Waals surface area contributed by atoms with Crippen molar-refractivity contribution in [3.8, 4) is 11.5 Å². The summed E-state index contributed by atoms with van der Waals surface area (Å²) in [5, 5.41) is 0. The molecule has 0 aliphatic rings. The number of hydrogen-bond acceptors (Lipinski definition) is 4. The Kier molecular flexibility index (Phi) is 19.0. The van der Waals surface area contributed by atoms with Gasteiger partial charge in [0.05, 0.1) is 0 Å². The van der Waals surface area contributed by atoms with E-state index in [-0.39, 0.29) is 167 Å². The molecule has 0 bridgehead atoms. The Morgan fingerprint density at radius 3 is 2.04 bits per heavy atom. The molecule has 2 aromatic rings. The van der Waals surface area contributed by atoms with Crippen molar-refractivity contribution in [3.05, 3.63) is 60.2 Å². The third kappa shape index (κ3) is 12.4. The summed E-state index contributed by atoms with van der Waals surface area (Å²) >= 11 is 0. The Hall–Kier alpha value is 3.21. The van der Waals surface area contributed by atoms with Crippen LogP contribution in [0.5, 0.6) is 11.5 Å². The van der Waals surface area contributed by atoms with Gasteiger partial charge in [0, 0.05) is 0 Å². The van der Waals surface area contributed by atoms with Crippen LogP contribution in [0, 0.1) is 0 Å². The van der Waals surface area contributed by atoms with E-state index < -0.39 is 22.7 Å². The topological polar surface area (TPSA) is 121 Å². The Morgan fingerprint density at radius 2 is 1.50 bits per heavy atom. The summed E-state index contributed by atoms with van der Waals surface area (Å²) in [6, 6.07) is 16.3. The third-order valence-electron chi connectivity index (χ3n) is 3.51. The predicted molar refractivity (Wildman–Crippen MR) is 115 cm³/mol. The SMILES string of the molecule is O=P(O)(O)C(CCCc1cccc(Oc2ccccc2)c1)S(=O)(=O)O.[KH].[KH].[KH]. The van der Waals surface area contributed by atoms with Gasteiger partial charge in [-0.2, -0.15) is 8.42 Å². The first-order valence-corrected chi connectivity index (χ1v) is 10.7. The summed E-state index contributed by atoms with van der Waals surface area (Å²) in [7, 11) is -9.75. The number of para-hydroxylation sites is 1. The van der Waals surface area contributed by atoms with Gasteiger partial charge in [-0.05, 0) is 49.1 Å². The molecule has 0 saturated carbocycles. The molecule has 0 fully saturated rings. The Balaban J connectivity index is 0. The molecule has 0 amide bonds. The van der Waals surface area contributed by atoms with Crippen molar-refractivity contribution >= 4 is 172 Å².